The smallest absolute Gasteiger partial charge is 0.216 e. The van der Waals surface area contributed by atoms with E-state index < -0.39 is 5.82 Å². The minimum atomic E-state index is -0.500. The van der Waals surface area contributed by atoms with Gasteiger partial charge in [-0.3, -0.25) is 0 Å². The fraction of sp³-hybridized carbons (Fsp3) is 0. The average Bonchev–Trinajstić information content (AvgIpc) is 2.89. The van der Waals surface area contributed by atoms with Crippen LogP contribution in [0, 0.1) is 16.4 Å². The first kappa shape index (κ1) is 15.5. The maximum Gasteiger partial charge on any atom is 0.216 e. The van der Waals surface area contributed by atoms with Crippen LogP contribution < -0.4 is 0 Å². The van der Waals surface area contributed by atoms with Gasteiger partial charge in [0.1, 0.15) is 11.6 Å². The number of halogens is 3. The molecule has 3 rings (SSSR count). The molecule has 0 fully saturated rings. The van der Waals surface area contributed by atoms with E-state index >= 15 is 0 Å². The molecule has 0 bridgehead atoms. The molecule has 1 aromatic heterocycles. The summed E-state index contributed by atoms with van der Waals surface area (Å²) in [6.45, 7) is 0. The van der Waals surface area contributed by atoms with Gasteiger partial charge in [0.05, 0.1) is 11.2 Å². The molecule has 0 aliphatic carbocycles. The number of aromatic amines is 1. The van der Waals surface area contributed by atoms with Crippen LogP contribution in [-0.2, 0) is 0 Å². The number of nitrogens with one attached hydrogen (secondary N) is 1. The van der Waals surface area contributed by atoms with Crippen LogP contribution in [0.3, 0.4) is 0 Å². The third-order valence-corrected chi connectivity index (χ3v) is 3.65. The first-order chi connectivity index (χ1) is 11.1. The Morgan fingerprint density at radius 1 is 1.17 bits per heavy atom. The predicted octanol–water partition coefficient (Wildman–Crippen LogP) is 4.42. The monoisotopic (exact) mass is 350 g/mol. The highest BCUT2D eigenvalue weighted by molar-refractivity contribution is 7.71. The van der Waals surface area contributed by atoms with Gasteiger partial charge in [-0.05, 0) is 48.6 Å². The van der Waals surface area contributed by atoms with Gasteiger partial charge >= 0.3 is 0 Å². The van der Waals surface area contributed by atoms with Gasteiger partial charge in [-0.1, -0.05) is 17.7 Å². The van der Waals surface area contributed by atoms with E-state index in [2.05, 4.69) is 15.3 Å². The molecule has 3 aromatic rings. The van der Waals surface area contributed by atoms with Gasteiger partial charge in [-0.2, -0.15) is 14.9 Å². The van der Waals surface area contributed by atoms with Gasteiger partial charge in [0.2, 0.25) is 4.77 Å². The van der Waals surface area contributed by atoms with Gasteiger partial charge in [-0.25, -0.2) is 13.9 Å². The molecule has 0 aliphatic rings. The molecule has 116 valence electrons. The summed E-state index contributed by atoms with van der Waals surface area (Å²) in [6, 6.07) is 10.0. The Labute approximate surface area is 140 Å². The first-order valence-corrected chi connectivity index (χ1v) is 7.26. The SMILES string of the molecule is Fc1ccc(-c2n[nH]c(=S)n2/N=C\c2c(F)cccc2Cl)cc1. The van der Waals surface area contributed by atoms with Crippen LogP contribution in [0.4, 0.5) is 8.78 Å². The number of rotatable bonds is 3. The standard InChI is InChI=1S/C15H9ClF2N4S/c16-12-2-1-3-13(18)11(12)8-19-22-14(20-21-15(22)23)9-4-6-10(17)7-5-9/h1-8H,(H,21,23)/b19-8-. The van der Waals surface area contributed by atoms with Crippen molar-refractivity contribution in [3.05, 3.63) is 69.5 Å². The molecule has 2 aromatic carbocycles. The fourth-order valence-electron chi connectivity index (χ4n) is 1.93. The summed E-state index contributed by atoms with van der Waals surface area (Å²) in [5.74, 6) is -0.491. The molecule has 0 amide bonds. The normalized spacial score (nSPS) is 11.3. The molecular weight excluding hydrogens is 342 g/mol. The Balaban J connectivity index is 2.04. The Hall–Kier alpha value is -2.38. The molecule has 8 heteroatoms. The van der Waals surface area contributed by atoms with E-state index in [9.17, 15) is 8.78 Å². The molecule has 0 unspecified atom stereocenters. The number of nitrogens with zero attached hydrogens (tertiary/aromatic N) is 3. The zero-order valence-corrected chi connectivity index (χ0v) is 13.1. The van der Waals surface area contributed by atoms with Crippen LogP contribution >= 0.6 is 23.8 Å². The summed E-state index contributed by atoms with van der Waals surface area (Å²) in [4.78, 5) is 0. The van der Waals surface area contributed by atoms with Crippen molar-refractivity contribution in [3.8, 4) is 11.4 Å². The van der Waals surface area contributed by atoms with Gasteiger partial charge in [0.15, 0.2) is 5.82 Å². The fourth-order valence-corrected chi connectivity index (χ4v) is 2.33. The summed E-state index contributed by atoms with van der Waals surface area (Å²) < 4.78 is 28.3. The summed E-state index contributed by atoms with van der Waals surface area (Å²) in [6.07, 6.45) is 1.26. The van der Waals surface area contributed by atoms with Crippen molar-refractivity contribution in [2.75, 3.05) is 0 Å². The molecule has 0 saturated carbocycles. The third-order valence-electron chi connectivity index (χ3n) is 3.05. The highest BCUT2D eigenvalue weighted by Gasteiger charge is 2.09. The lowest BCUT2D eigenvalue weighted by molar-refractivity contribution is 0.625. The van der Waals surface area contributed by atoms with Crippen molar-refractivity contribution in [2.45, 2.75) is 0 Å². The van der Waals surface area contributed by atoms with Gasteiger partial charge in [0, 0.05) is 11.1 Å². The van der Waals surface area contributed by atoms with Crippen molar-refractivity contribution in [3.63, 3.8) is 0 Å². The maximum atomic E-state index is 13.8. The Morgan fingerprint density at radius 2 is 1.91 bits per heavy atom. The second-order valence-corrected chi connectivity index (χ2v) is 5.34. The van der Waals surface area contributed by atoms with E-state index in [-0.39, 0.29) is 21.2 Å². The highest BCUT2D eigenvalue weighted by atomic mass is 35.5. The summed E-state index contributed by atoms with van der Waals surface area (Å²) in [5, 5.41) is 11.0. The molecule has 4 nitrogen and oxygen atoms in total. The van der Waals surface area contributed by atoms with Crippen molar-refractivity contribution >= 4 is 30.0 Å². The minimum absolute atomic E-state index is 0.141. The number of H-pyrrole nitrogens is 1. The van der Waals surface area contributed by atoms with E-state index in [1.807, 2.05) is 0 Å². The molecule has 1 N–H and O–H groups in total. The topological polar surface area (TPSA) is 46.0 Å². The molecule has 23 heavy (non-hydrogen) atoms. The summed E-state index contributed by atoms with van der Waals surface area (Å²) >= 11 is 11.1. The Kier molecular flexibility index (Phi) is 4.31. The highest BCUT2D eigenvalue weighted by Crippen LogP contribution is 2.19. The van der Waals surface area contributed by atoms with Crippen LogP contribution in [0.5, 0.6) is 0 Å². The lowest BCUT2D eigenvalue weighted by atomic mass is 10.2. The number of benzene rings is 2. The number of hydrogen-bond donors (Lipinski definition) is 1. The van der Waals surface area contributed by atoms with Crippen LogP contribution in [0.25, 0.3) is 11.4 Å². The molecule has 0 spiro atoms. The molecule has 0 radical (unpaired) electrons. The second kappa shape index (κ2) is 6.39. The van der Waals surface area contributed by atoms with Crippen molar-refractivity contribution in [1.82, 2.24) is 14.9 Å². The van der Waals surface area contributed by atoms with Crippen molar-refractivity contribution < 1.29 is 8.78 Å². The number of hydrogen-bond acceptors (Lipinski definition) is 3. The van der Waals surface area contributed by atoms with Crippen LogP contribution in [-0.4, -0.2) is 21.1 Å². The van der Waals surface area contributed by atoms with Crippen molar-refractivity contribution in [2.24, 2.45) is 5.10 Å². The van der Waals surface area contributed by atoms with Gasteiger partial charge < -0.3 is 0 Å². The van der Waals surface area contributed by atoms with Gasteiger partial charge in [-0.15, -0.1) is 0 Å². The molecule has 1 heterocycles. The molecule has 0 aliphatic heterocycles. The third kappa shape index (κ3) is 3.20. The minimum Gasteiger partial charge on any atom is -0.250 e. The lowest BCUT2D eigenvalue weighted by Crippen LogP contribution is -1.97. The summed E-state index contributed by atoms with van der Waals surface area (Å²) in [7, 11) is 0. The number of aromatic nitrogens is 3. The lowest BCUT2D eigenvalue weighted by Gasteiger charge is -2.02. The summed E-state index contributed by atoms with van der Waals surface area (Å²) in [5.41, 5.74) is 0.748. The maximum absolute atomic E-state index is 13.8. The molecule has 0 atom stereocenters. The quantitative estimate of drug-likeness (QED) is 0.561. The second-order valence-electron chi connectivity index (χ2n) is 4.55. The van der Waals surface area contributed by atoms with E-state index in [1.54, 1.807) is 18.2 Å². The van der Waals surface area contributed by atoms with E-state index in [4.69, 9.17) is 23.8 Å². The Morgan fingerprint density at radius 3 is 2.61 bits per heavy atom. The van der Waals surface area contributed by atoms with Crippen LogP contribution in [0.2, 0.25) is 5.02 Å². The zero-order chi connectivity index (χ0) is 16.4. The van der Waals surface area contributed by atoms with Gasteiger partial charge in [0.25, 0.3) is 0 Å². The largest absolute Gasteiger partial charge is 0.250 e. The van der Waals surface area contributed by atoms with E-state index in [1.165, 1.54) is 35.2 Å². The average molecular weight is 351 g/mol. The van der Waals surface area contributed by atoms with Crippen LogP contribution in [0.1, 0.15) is 5.56 Å². The first-order valence-electron chi connectivity index (χ1n) is 6.48. The van der Waals surface area contributed by atoms with Crippen LogP contribution in [0.15, 0.2) is 47.6 Å². The zero-order valence-electron chi connectivity index (χ0n) is 11.5. The van der Waals surface area contributed by atoms with E-state index in [0.717, 1.165) is 0 Å². The molecular formula is C15H9ClF2N4S. The Bertz CT molecular complexity index is 911. The van der Waals surface area contributed by atoms with E-state index in [0.29, 0.717) is 11.4 Å². The predicted molar refractivity (Wildman–Crippen MR) is 87.2 cm³/mol. The van der Waals surface area contributed by atoms with Crippen molar-refractivity contribution in [1.29, 1.82) is 0 Å². The molecule has 0 saturated heterocycles.